The lowest BCUT2D eigenvalue weighted by Crippen LogP contribution is -2.23. The molecule has 0 unspecified atom stereocenters. The first-order valence-electron chi connectivity index (χ1n) is 6.16. The van der Waals surface area contributed by atoms with Crippen LogP contribution in [-0.4, -0.2) is 20.2 Å². The molecule has 0 amide bonds. The molecule has 1 aliphatic carbocycles. The lowest BCUT2D eigenvalue weighted by atomic mass is 10.2. The third-order valence-corrected chi connectivity index (χ3v) is 3.30. The largest absolute Gasteiger partial charge is 0.475 e. The fraction of sp³-hybridized carbons (Fsp3) is 0.385. The first-order chi connectivity index (χ1) is 9.06. The molecule has 1 aliphatic rings. The van der Waals surface area contributed by atoms with Crippen molar-refractivity contribution in [3.05, 3.63) is 46.0 Å². The van der Waals surface area contributed by atoms with Crippen molar-refractivity contribution in [2.24, 2.45) is 0 Å². The van der Waals surface area contributed by atoms with E-state index in [1.807, 2.05) is 0 Å². The quantitative estimate of drug-likeness (QED) is 0.908. The maximum atomic E-state index is 12.0. The monoisotopic (exact) mass is 262 g/mol. The van der Waals surface area contributed by atoms with Crippen LogP contribution in [0.2, 0.25) is 0 Å². The van der Waals surface area contributed by atoms with Crippen LogP contribution in [0.15, 0.2) is 27.7 Å². The number of carboxylic acids is 1. The van der Waals surface area contributed by atoms with Gasteiger partial charge in [-0.05, 0) is 25.8 Å². The van der Waals surface area contributed by atoms with Gasteiger partial charge in [-0.2, -0.15) is 0 Å². The highest BCUT2D eigenvalue weighted by Crippen LogP contribution is 2.33. The van der Waals surface area contributed by atoms with Crippen LogP contribution in [0, 0.1) is 6.92 Å². The van der Waals surface area contributed by atoms with Crippen molar-refractivity contribution in [2.75, 3.05) is 0 Å². The molecule has 0 aliphatic heterocycles. The molecule has 0 atom stereocenters. The van der Waals surface area contributed by atoms with Gasteiger partial charge in [0.15, 0.2) is 0 Å². The van der Waals surface area contributed by atoms with Crippen molar-refractivity contribution >= 4 is 5.97 Å². The average Bonchev–Trinajstić information content (AvgIpc) is 3.03. The van der Waals surface area contributed by atoms with Crippen molar-refractivity contribution in [1.29, 1.82) is 0 Å². The zero-order valence-electron chi connectivity index (χ0n) is 10.5. The van der Waals surface area contributed by atoms with E-state index in [1.54, 1.807) is 30.0 Å². The number of carboxylic acid groups (broad SMARTS) is 1. The molecule has 100 valence electrons. The first kappa shape index (κ1) is 11.8. The van der Waals surface area contributed by atoms with Crippen molar-refractivity contribution in [3.63, 3.8) is 0 Å². The van der Waals surface area contributed by atoms with Gasteiger partial charge < -0.3 is 9.52 Å². The fourth-order valence-electron chi connectivity index (χ4n) is 2.19. The van der Waals surface area contributed by atoms with E-state index in [2.05, 4.69) is 0 Å². The molecular weight excluding hydrogens is 248 g/mol. The molecule has 0 radical (unpaired) electrons. The molecule has 0 aromatic carbocycles. The summed E-state index contributed by atoms with van der Waals surface area (Å²) in [5, 5.41) is 8.92. The lowest BCUT2D eigenvalue weighted by Gasteiger charge is -1.98. The van der Waals surface area contributed by atoms with E-state index in [4.69, 9.17) is 9.52 Å². The van der Waals surface area contributed by atoms with Gasteiger partial charge in [0, 0.05) is 24.0 Å². The fourth-order valence-corrected chi connectivity index (χ4v) is 2.19. The Kier molecular flexibility index (Phi) is 2.58. The van der Waals surface area contributed by atoms with Gasteiger partial charge >= 0.3 is 11.7 Å². The standard InChI is InChI=1S/C13H14N2O4/c1-8-6-10(19-11(8)12(16)17)7-14-4-5-15(13(14)18)9-2-3-9/h4-6,9H,2-3,7H2,1H3,(H,16,17). The summed E-state index contributed by atoms with van der Waals surface area (Å²) in [7, 11) is 0. The summed E-state index contributed by atoms with van der Waals surface area (Å²) in [6.45, 7) is 1.93. The van der Waals surface area contributed by atoms with E-state index in [9.17, 15) is 9.59 Å². The van der Waals surface area contributed by atoms with Crippen molar-refractivity contribution in [1.82, 2.24) is 9.13 Å². The van der Waals surface area contributed by atoms with Gasteiger partial charge in [0.25, 0.3) is 0 Å². The minimum absolute atomic E-state index is 0.0651. The minimum Gasteiger partial charge on any atom is -0.475 e. The van der Waals surface area contributed by atoms with E-state index >= 15 is 0 Å². The maximum absolute atomic E-state index is 12.0. The number of rotatable bonds is 4. The van der Waals surface area contributed by atoms with Gasteiger partial charge in [-0.3, -0.25) is 9.13 Å². The normalized spacial score (nSPS) is 14.8. The Labute approximate surface area is 108 Å². The smallest absolute Gasteiger partial charge is 0.372 e. The van der Waals surface area contributed by atoms with Gasteiger partial charge in [0.05, 0.1) is 6.54 Å². The summed E-state index contributed by atoms with van der Waals surface area (Å²) in [5.74, 6) is -0.679. The van der Waals surface area contributed by atoms with Gasteiger partial charge in [-0.15, -0.1) is 0 Å². The van der Waals surface area contributed by atoms with Crippen LogP contribution in [0.3, 0.4) is 0 Å². The number of carbonyl (C=O) groups is 1. The number of aromatic carboxylic acids is 1. The minimum atomic E-state index is -1.09. The molecule has 0 spiro atoms. The Hall–Kier alpha value is -2.24. The highest BCUT2D eigenvalue weighted by molar-refractivity contribution is 5.86. The average molecular weight is 262 g/mol. The molecule has 0 saturated heterocycles. The molecule has 2 aromatic rings. The van der Waals surface area contributed by atoms with Crippen LogP contribution in [0.5, 0.6) is 0 Å². The van der Waals surface area contributed by atoms with Gasteiger partial charge in [-0.1, -0.05) is 0 Å². The Morgan fingerprint density at radius 1 is 1.47 bits per heavy atom. The number of aromatic nitrogens is 2. The van der Waals surface area contributed by atoms with E-state index < -0.39 is 5.97 Å². The van der Waals surface area contributed by atoms with E-state index in [0.29, 0.717) is 17.4 Å². The zero-order chi connectivity index (χ0) is 13.6. The van der Waals surface area contributed by atoms with Crippen LogP contribution in [0.4, 0.5) is 0 Å². The SMILES string of the molecule is Cc1cc(Cn2ccn(C3CC3)c2=O)oc1C(=O)O. The second-order valence-corrected chi connectivity index (χ2v) is 4.88. The molecule has 2 aromatic heterocycles. The topological polar surface area (TPSA) is 77.4 Å². The van der Waals surface area contributed by atoms with Crippen LogP contribution in [0.25, 0.3) is 0 Å². The molecule has 1 saturated carbocycles. The Morgan fingerprint density at radius 3 is 2.79 bits per heavy atom. The summed E-state index contributed by atoms with van der Waals surface area (Å²) in [6, 6.07) is 1.99. The van der Waals surface area contributed by atoms with Crippen LogP contribution in [-0.2, 0) is 6.54 Å². The summed E-state index contributed by atoms with van der Waals surface area (Å²) in [6.07, 6.45) is 5.58. The second-order valence-electron chi connectivity index (χ2n) is 4.88. The molecule has 19 heavy (non-hydrogen) atoms. The van der Waals surface area contributed by atoms with Crippen molar-refractivity contribution in [3.8, 4) is 0 Å². The third kappa shape index (κ3) is 2.09. The second kappa shape index (κ2) is 4.15. The number of imidazole rings is 1. The number of hydrogen-bond donors (Lipinski definition) is 1. The Balaban J connectivity index is 1.87. The molecule has 1 N–H and O–H groups in total. The Bertz CT molecular complexity index is 688. The van der Waals surface area contributed by atoms with Gasteiger partial charge in [0.1, 0.15) is 5.76 Å². The van der Waals surface area contributed by atoms with Crippen molar-refractivity contribution < 1.29 is 14.3 Å². The van der Waals surface area contributed by atoms with Crippen LogP contribution in [0.1, 0.15) is 40.8 Å². The summed E-state index contributed by atoms with van der Waals surface area (Å²) >= 11 is 0. The summed E-state index contributed by atoms with van der Waals surface area (Å²) in [5.41, 5.74) is 0.491. The first-order valence-corrected chi connectivity index (χ1v) is 6.16. The molecular formula is C13H14N2O4. The van der Waals surface area contributed by atoms with Crippen LogP contribution >= 0.6 is 0 Å². The molecule has 2 heterocycles. The summed E-state index contributed by atoms with van der Waals surface area (Å²) < 4.78 is 8.50. The van der Waals surface area contributed by atoms with Crippen molar-refractivity contribution in [2.45, 2.75) is 32.4 Å². The predicted molar refractivity (Wildman–Crippen MR) is 66.5 cm³/mol. The highest BCUT2D eigenvalue weighted by atomic mass is 16.4. The molecule has 3 rings (SSSR count). The molecule has 0 bridgehead atoms. The van der Waals surface area contributed by atoms with Gasteiger partial charge in [-0.25, -0.2) is 9.59 Å². The summed E-state index contributed by atoms with van der Waals surface area (Å²) in [4.78, 5) is 22.9. The van der Waals surface area contributed by atoms with E-state index in [0.717, 1.165) is 12.8 Å². The molecule has 1 fully saturated rings. The predicted octanol–water partition coefficient (Wildman–Crippen LogP) is 1.63. The van der Waals surface area contributed by atoms with Gasteiger partial charge in [0.2, 0.25) is 5.76 Å². The highest BCUT2D eigenvalue weighted by Gasteiger charge is 2.25. The zero-order valence-corrected chi connectivity index (χ0v) is 10.5. The number of furan rings is 1. The lowest BCUT2D eigenvalue weighted by molar-refractivity contribution is 0.0659. The number of aryl methyl sites for hydroxylation is 1. The molecule has 6 heteroatoms. The maximum Gasteiger partial charge on any atom is 0.372 e. The number of hydrogen-bond acceptors (Lipinski definition) is 3. The number of nitrogens with zero attached hydrogens (tertiary/aromatic N) is 2. The van der Waals surface area contributed by atoms with E-state index in [-0.39, 0.29) is 18.0 Å². The Morgan fingerprint density at radius 2 is 2.21 bits per heavy atom. The third-order valence-electron chi connectivity index (χ3n) is 3.30. The van der Waals surface area contributed by atoms with E-state index in [1.165, 1.54) is 4.57 Å². The molecule has 6 nitrogen and oxygen atoms in total. The van der Waals surface area contributed by atoms with Crippen LogP contribution < -0.4 is 5.69 Å².